The zero-order valence-electron chi connectivity index (χ0n) is 14.2. The van der Waals surface area contributed by atoms with Crippen molar-refractivity contribution in [2.45, 2.75) is 12.8 Å². The lowest BCUT2D eigenvalue weighted by Gasteiger charge is -2.13. The first kappa shape index (κ1) is 19.6. The van der Waals surface area contributed by atoms with Crippen LogP contribution in [-0.4, -0.2) is 32.7 Å². The molecule has 1 aliphatic heterocycles. The molecule has 7 heteroatoms. The topological polar surface area (TPSA) is 57.6 Å². The summed E-state index contributed by atoms with van der Waals surface area (Å²) in [6.45, 7) is 0.319. The lowest BCUT2D eigenvalue weighted by molar-refractivity contribution is -0.137. The van der Waals surface area contributed by atoms with Gasteiger partial charge in [0.15, 0.2) is 0 Å². The third-order valence-corrected chi connectivity index (χ3v) is 5.75. The molecular weight excluding hydrogens is 402 g/mol. The number of rotatable bonds is 6. The van der Waals surface area contributed by atoms with E-state index in [9.17, 15) is 9.59 Å². The molecule has 0 aromatic heterocycles. The number of thiocarbonyl (C=S) groups is 1. The van der Waals surface area contributed by atoms with Crippen LogP contribution in [-0.2, 0) is 9.59 Å². The molecule has 0 bridgehead atoms. The minimum atomic E-state index is -0.880. The molecule has 1 amide bonds. The Kier molecular flexibility index (Phi) is 6.31. The maximum atomic E-state index is 12.5. The van der Waals surface area contributed by atoms with Crippen LogP contribution in [0.5, 0.6) is 0 Å². The van der Waals surface area contributed by atoms with Crippen LogP contribution in [0.3, 0.4) is 0 Å². The van der Waals surface area contributed by atoms with Gasteiger partial charge in [-0.1, -0.05) is 78.0 Å². The van der Waals surface area contributed by atoms with Gasteiger partial charge in [0.25, 0.3) is 5.91 Å². The molecule has 1 saturated heterocycles. The van der Waals surface area contributed by atoms with E-state index in [1.165, 1.54) is 16.7 Å². The van der Waals surface area contributed by atoms with Crippen LogP contribution < -0.4 is 0 Å². The highest BCUT2D eigenvalue weighted by Crippen LogP contribution is 2.33. The Hall–Kier alpha value is -2.15. The number of hydrogen-bond acceptors (Lipinski definition) is 4. The predicted octanol–water partition coefficient (Wildman–Crippen LogP) is 5.07. The Morgan fingerprint density at radius 2 is 1.89 bits per heavy atom. The van der Waals surface area contributed by atoms with Crippen LogP contribution in [0.2, 0.25) is 5.02 Å². The quantitative estimate of drug-likeness (QED) is 0.525. The minimum absolute atomic E-state index is 0.0135. The summed E-state index contributed by atoms with van der Waals surface area (Å²) >= 11 is 12.7. The van der Waals surface area contributed by atoms with Gasteiger partial charge in [0.05, 0.1) is 4.91 Å². The van der Waals surface area contributed by atoms with E-state index < -0.39 is 5.97 Å². The molecule has 27 heavy (non-hydrogen) atoms. The molecule has 0 atom stereocenters. The van der Waals surface area contributed by atoms with Crippen molar-refractivity contribution in [1.82, 2.24) is 4.90 Å². The van der Waals surface area contributed by atoms with Gasteiger partial charge in [-0.15, -0.1) is 0 Å². The average Bonchev–Trinajstić information content (AvgIpc) is 2.90. The van der Waals surface area contributed by atoms with Crippen molar-refractivity contribution >= 4 is 57.9 Å². The number of halogens is 1. The van der Waals surface area contributed by atoms with E-state index in [-0.39, 0.29) is 12.3 Å². The summed E-state index contributed by atoms with van der Waals surface area (Å²) in [7, 11) is 0. The summed E-state index contributed by atoms with van der Waals surface area (Å²) in [6, 6.07) is 15.4. The number of aliphatic carboxylic acids is 1. The summed E-state index contributed by atoms with van der Waals surface area (Å²) in [6.07, 6.45) is 2.19. The number of nitrogens with zero attached hydrogens (tertiary/aromatic N) is 1. The van der Waals surface area contributed by atoms with Gasteiger partial charge in [-0.05, 0) is 29.7 Å². The highest BCUT2D eigenvalue weighted by Gasteiger charge is 2.31. The van der Waals surface area contributed by atoms with E-state index in [1.54, 1.807) is 6.08 Å². The van der Waals surface area contributed by atoms with Crippen LogP contribution in [0, 0.1) is 0 Å². The molecule has 0 aliphatic carbocycles. The smallest absolute Gasteiger partial charge is 0.303 e. The molecule has 0 unspecified atom stereocenters. The maximum absolute atomic E-state index is 12.5. The molecule has 1 fully saturated rings. The van der Waals surface area contributed by atoms with Crippen molar-refractivity contribution < 1.29 is 14.7 Å². The van der Waals surface area contributed by atoms with Crippen molar-refractivity contribution in [2.24, 2.45) is 0 Å². The number of carbonyl (C=O) groups is 2. The second-order valence-electron chi connectivity index (χ2n) is 5.93. The number of thioether (sulfide) groups is 1. The number of carbonyl (C=O) groups excluding carboxylic acids is 1. The van der Waals surface area contributed by atoms with E-state index in [1.807, 2.05) is 48.5 Å². The average molecular weight is 418 g/mol. The van der Waals surface area contributed by atoms with Gasteiger partial charge >= 0.3 is 5.97 Å². The summed E-state index contributed by atoms with van der Waals surface area (Å²) in [5.41, 5.74) is 2.84. The first-order valence-electron chi connectivity index (χ1n) is 8.28. The second-order valence-corrected chi connectivity index (χ2v) is 8.02. The Morgan fingerprint density at radius 1 is 1.19 bits per heavy atom. The Bertz CT molecular complexity index is 925. The summed E-state index contributed by atoms with van der Waals surface area (Å²) in [5.74, 6) is -1.06. The number of carboxylic acids is 1. The molecule has 3 rings (SSSR count). The van der Waals surface area contributed by atoms with Crippen molar-refractivity contribution in [1.29, 1.82) is 0 Å². The first-order chi connectivity index (χ1) is 13.0. The Balaban J connectivity index is 1.73. The maximum Gasteiger partial charge on any atom is 0.303 e. The fourth-order valence-corrected chi connectivity index (χ4v) is 4.24. The number of amides is 1. The molecule has 4 nitrogen and oxygen atoms in total. The molecule has 0 spiro atoms. The lowest BCUT2D eigenvalue weighted by atomic mass is 10.0. The van der Waals surface area contributed by atoms with Gasteiger partial charge in [-0.25, -0.2) is 0 Å². The van der Waals surface area contributed by atoms with Crippen molar-refractivity contribution in [3.05, 3.63) is 64.0 Å². The monoisotopic (exact) mass is 417 g/mol. The standard InChI is InChI=1S/C20H16ClNO3S2/c21-16-5-2-1-4-15(16)14-9-7-13(8-10-14)12-17-19(25)22(20(26)27-17)11-3-6-18(23)24/h1-2,4-5,7-10,12H,3,6,11H2,(H,23,24). The van der Waals surface area contributed by atoms with E-state index in [4.69, 9.17) is 28.9 Å². The molecule has 0 radical (unpaired) electrons. The number of hydrogen-bond donors (Lipinski definition) is 1. The third-order valence-electron chi connectivity index (χ3n) is 4.04. The minimum Gasteiger partial charge on any atom is -0.481 e. The van der Waals surface area contributed by atoms with Crippen LogP contribution in [0.4, 0.5) is 0 Å². The van der Waals surface area contributed by atoms with Gasteiger partial charge in [0, 0.05) is 23.6 Å². The molecule has 138 valence electrons. The molecular formula is C20H16ClNO3S2. The normalized spacial score (nSPS) is 15.6. The highest BCUT2D eigenvalue weighted by molar-refractivity contribution is 8.26. The molecule has 2 aromatic carbocycles. The van der Waals surface area contributed by atoms with E-state index >= 15 is 0 Å². The van der Waals surface area contributed by atoms with Crippen molar-refractivity contribution in [2.75, 3.05) is 6.54 Å². The summed E-state index contributed by atoms with van der Waals surface area (Å²) in [4.78, 5) is 25.2. The van der Waals surface area contributed by atoms with Gasteiger partial charge in [-0.3, -0.25) is 14.5 Å². The molecule has 2 aromatic rings. The largest absolute Gasteiger partial charge is 0.481 e. The number of carboxylic acid groups (broad SMARTS) is 1. The second kappa shape index (κ2) is 8.69. The first-order valence-corrected chi connectivity index (χ1v) is 9.88. The highest BCUT2D eigenvalue weighted by atomic mass is 35.5. The Morgan fingerprint density at radius 3 is 2.56 bits per heavy atom. The predicted molar refractivity (Wildman–Crippen MR) is 114 cm³/mol. The van der Waals surface area contributed by atoms with Gasteiger partial charge in [0.2, 0.25) is 0 Å². The zero-order valence-corrected chi connectivity index (χ0v) is 16.6. The molecule has 0 saturated carbocycles. The van der Waals surface area contributed by atoms with Gasteiger partial charge in [-0.2, -0.15) is 0 Å². The van der Waals surface area contributed by atoms with Gasteiger partial charge < -0.3 is 5.11 Å². The van der Waals surface area contributed by atoms with Crippen LogP contribution >= 0.6 is 35.6 Å². The summed E-state index contributed by atoms with van der Waals surface area (Å²) in [5, 5.41) is 9.41. The Labute approximate surface area is 171 Å². The molecule has 1 heterocycles. The van der Waals surface area contributed by atoms with Crippen LogP contribution in [0.25, 0.3) is 17.2 Å². The number of benzene rings is 2. The fraction of sp³-hybridized carbons (Fsp3) is 0.150. The van der Waals surface area contributed by atoms with Crippen LogP contribution in [0.15, 0.2) is 53.4 Å². The zero-order chi connectivity index (χ0) is 19.4. The molecule has 1 N–H and O–H groups in total. The SMILES string of the molecule is O=C(O)CCCN1C(=O)C(=Cc2ccc(-c3ccccc3Cl)cc2)SC1=S. The van der Waals surface area contributed by atoms with Crippen molar-refractivity contribution in [3.8, 4) is 11.1 Å². The van der Waals surface area contributed by atoms with Crippen molar-refractivity contribution in [3.63, 3.8) is 0 Å². The lowest BCUT2D eigenvalue weighted by Crippen LogP contribution is -2.29. The van der Waals surface area contributed by atoms with E-state index in [0.717, 1.165) is 16.7 Å². The van der Waals surface area contributed by atoms with Gasteiger partial charge in [0.1, 0.15) is 4.32 Å². The molecule has 1 aliphatic rings. The summed E-state index contributed by atoms with van der Waals surface area (Å²) < 4.78 is 0.462. The fourth-order valence-electron chi connectivity index (χ4n) is 2.69. The van der Waals surface area contributed by atoms with E-state index in [0.29, 0.717) is 27.2 Å². The third kappa shape index (κ3) is 4.77. The van der Waals surface area contributed by atoms with E-state index in [2.05, 4.69) is 0 Å². The van der Waals surface area contributed by atoms with Crippen LogP contribution in [0.1, 0.15) is 18.4 Å².